The molecule has 1 aliphatic heterocycles. The molecule has 4 nitrogen and oxygen atoms in total. The molecule has 1 N–H and O–H groups in total. The number of thiophene rings is 1. The molecule has 0 spiro atoms. The van der Waals surface area contributed by atoms with E-state index in [9.17, 15) is 14.7 Å². The summed E-state index contributed by atoms with van der Waals surface area (Å²) in [6.45, 7) is 1.99. The molecule has 1 fully saturated rings. The summed E-state index contributed by atoms with van der Waals surface area (Å²) in [6, 6.07) is 3.42. The summed E-state index contributed by atoms with van der Waals surface area (Å²) in [5.41, 5.74) is 0. The number of carboxylic acid groups (broad SMARTS) is 1. The van der Waals surface area contributed by atoms with Crippen LogP contribution in [-0.2, 0) is 16.0 Å². The van der Waals surface area contributed by atoms with Gasteiger partial charge in [-0.2, -0.15) is 0 Å². The predicted molar refractivity (Wildman–Crippen MR) is 82.1 cm³/mol. The van der Waals surface area contributed by atoms with Gasteiger partial charge < -0.3 is 10.0 Å². The Morgan fingerprint density at radius 3 is 2.90 bits per heavy atom. The Morgan fingerprint density at radius 2 is 2.30 bits per heavy atom. The molecule has 0 radical (unpaired) electrons. The van der Waals surface area contributed by atoms with Gasteiger partial charge in [0.1, 0.15) is 6.04 Å². The molecule has 2 atom stereocenters. The molecule has 1 aromatic heterocycles. The Bertz CT molecular complexity index is 461. The van der Waals surface area contributed by atoms with Crippen molar-refractivity contribution in [3.8, 4) is 0 Å². The van der Waals surface area contributed by atoms with Crippen LogP contribution in [0.5, 0.6) is 0 Å². The lowest BCUT2D eigenvalue weighted by molar-refractivity contribution is -0.149. The summed E-state index contributed by atoms with van der Waals surface area (Å²) < 4.78 is 0. The molecule has 2 rings (SSSR count). The van der Waals surface area contributed by atoms with E-state index in [0.717, 1.165) is 19.3 Å². The Balaban J connectivity index is 1.90. The molecule has 0 saturated carbocycles. The maximum Gasteiger partial charge on any atom is 0.327 e. The van der Waals surface area contributed by atoms with Crippen molar-refractivity contribution in [3.63, 3.8) is 0 Å². The number of carbonyl (C=O) groups is 2. The summed E-state index contributed by atoms with van der Waals surface area (Å²) in [4.78, 5) is 26.4. The molecular weight excluding hydrogens is 294 g/mol. The Kier molecular flexibility index (Phi) is 5.48. The maximum atomic E-state index is 12.3. The largest absolute Gasteiger partial charge is 0.480 e. The van der Waals surface area contributed by atoms with Crippen LogP contribution in [-0.4, -0.2) is 39.1 Å². The molecule has 0 bridgehead atoms. The third-order valence-corrected chi connectivity index (χ3v) is 5.80. The van der Waals surface area contributed by atoms with Crippen LogP contribution in [0.2, 0.25) is 0 Å². The van der Waals surface area contributed by atoms with Crippen molar-refractivity contribution in [2.24, 2.45) is 0 Å². The summed E-state index contributed by atoms with van der Waals surface area (Å²) in [7, 11) is 0. The van der Waals surface area contributed by atoms with E-state index in [1.165, 1.54) is 4.88 Å². The van der Waals surface area contributed by atoms with Gasteiger partial charge in [-0.25, -0.2) is 4.79 Å². The van der Waals surface area contributed by atoms with Crippen LogP contribution in [0.15, 0.2) is 17.5 Å². The molecule has 6 heteroatoms. The second-order valence-corrected chi connectivity index (χ2v) is 7.03. The van der Waals surface area contributed by atoms with Crippen LogP contribution >= 0.6 is 23.1 Å². The predicted octanol–water partition coefficient (Wildman–Crippen LogP) is 2.84. The minimum atomic E-state index is -0.889. The van der Waals surface area contributed by atoms with Crippen molar-refractivity contribution in [2.45, 2.75) is 44.0 Å². The molecule has 0 aromatic carbocycles. The number of hydrogen-bond donors (Lipinski definition) is 1. The van der Waals surface area contributed by atoms with Gasteiger partial charge >= 0.3 is 5.97 Å². The van der Waals surface area contributed by atoms with Crippen LogP contribution in [0, 0.1) is 0 Å². The summed E-state index contributed by atoms with van der Waals surface area (Å²) in [6.07, 6.45) is 2.89. The van der Waals surface area contributed by atoms with Crippen LogP contribution in [0.4, 0.5) is 0 Å². The fraction of sp³-hybridized carbons (Fsp3) is 0.571. The van der Waals surface area contributed by atoms with E-state index in [-0.39, 0.29) is 11.3 Å². The fourth-order valence-corrected chi connectivity index (χ4v) is 4.52. The molecular formula is C14H19NO3S2. The number of carbonyl (C=O) groups excluding carboxylic acids is 1. The first-order valence-corrected chi connectivity index (χ1v) is 8.74. The van der Waals surface area contributed by atoms with E-state index in [0.29, 0.717) is 12.2 Å². The van der Waals surface area contributed by atoms with Crippen molar-refractivity contribution in [3.05, 3.63) is 22.4 Å². The highest BCUT2D eigenvalue weighted by Gasteiger charge is 2.40. The third-order valence-electron chi connectivity index (χ3n) is 3.41. The van der Waals surface area contributed by atoms with E-state index < -0.39 is 12.0 Å². The van der Waals surface area contributed by atoms with Crippen molar-refractivity contribution < 1.29 is 14.7 Å². The van der Waals surface area contributed by atoms with Gasteiger partial charge in [0.05, 0.1) is 5.37 Å². The minimum absolute atomic E-state index is 0.0188. The zero-order valence-corrected chi connectivity index (χ0v) is 13.1. The number of nitrogens with zero attached hydrogens (tertiary/aromatic N) is 1. The van der Waals surface area contributed by atoms with E-state index in [1.54, 1.807) is 28.0 Å². The Labute approximate surface area is 127 Å². The first-order valence-electron chi connectivity index (χ1n) is 6.81. The van der Waals surface area contributed by atoms with Gasteiger partial charge in [-0.05, 0) is 30.7 Å². The normalized spacial score (nSPS) is 22.1. The van der Waals surface area contributed by atoms with Crippen LogP contribution in [0.25, 0.3) is 0 Å². The van der Waals surface area contributed by atoms with E-state index in [2.05, 4.69) is 6.07 Å². The smallest absolute Gasteiger partial charge is 0.327 e. The number of aryl methyl sites for hydroxylation is 1. The van der Waals surface area contributed by atoms with Crippen molar-refractivity contribution in [2.75, 3.05) is 5.75 Å². The molecule has 1 saturated heterocycles. The molecule has 1 amide bonds. The quantitative estimate of drug-likeness (QED) is 0.877. The average molecular weight is 313 g/mol. The van der Waals surface area contributed by atoms with Gasteiger partial charge in [-0.3, -0.25) is 4.79 Å². The first-order chi connectivity index (χ1) is 9.63. The summed E-state index contributed by atoms with van der Waals surface area (Å²) in [5.74, 6) is -0.407. The molecule has 110 valence electrons. The van der Waals surface area contributed by atoms with Gasteiger partial charge in [0.25, 0.3) is 0 Å². The summed E-state index contributed by atoms with van der Waals surface area (Å²) in [5, 5.41) is 11.3. The lowest BCUT2D eigenvalue weighted by atomic mass is 10.1. The van der Waals surface area contributed by atoms with E-state index in [4.69, 9.17) is 0 Å². The van der Waals surface area contributed by atoms with Crippen molar-refractivity contribution in [1.82, 2.24) is 4.90 Å². The number of rotatable bonds is 6. The standard InChI is InChI=1S/C14H19NO3S2/c1-2-13-15(11(9-20-13)14(17)18)12(16)7-3-5-10-6-4-8-19-10/h4,6,8,11,13H,2-3,5,7,9H2,1H3,(H,17,18). The van der Waals surface area contributed by atoms with Gasteiger partial charge in [0, 0.05) is 17.1 Å². The van der Waals surface area contributed by atoms with Gasteiger partial charge in [0.2, 0.25) is 5.91 Å². The van der Waals surface area contributed by atoms with Gasteiger partial charge in [0.15, 0.2) is 0 Å². The van der Waals surface area contributed by atoms with Gasteiger partial charge in [-0.1, -0.05) is 13.0 Å². The van der Waals surface area contributed by atoms with E-state index in [1.807, 2.05) is 18.4 Å². The number of aliphatic carboxylic acids is 1. The second-order valence-electron chi connectivity index (χ2n) is 4.78. The molecule has 0 aliphatic carbocycles. The Hall–Kier alpha value is -1.01. The third kappa shape index (κ3) is 3.55. The summed E-state index contributed by atoms with van der Waals surface area (Å²) >= 11 is 3.27. The highest BCUT2D eigenvalue weighted by atomic mass is 32.2. The second kappa shape index (κ2) is 7.13. The van der Waals surface area contributed by atoms with Crippen LogP contribution in [0.3, 0.4) is 0 Å². The van der Waals surface area contributed by atoms with Crippen LogP contribution < -0.4 is 0 Å². The number of thioether (sulfide) groups is 1. The number of amides is 1. The molecule has 20 heavy (non-hydrogen) atoms. The zero-order chi connectivity index (χ0) is 14.5. The lowest BCUT2D eigenvalue weighted by Crippen LogP contribution is -2.45. The topological polar surface area (TPSA) is 57.6 Å². The van der Waals surface area contributed by atoms with Crippen LogP contribution in [0.1, 0.15) is 31.1 Å². The maximum absolute atomic E-state index is 12.3. The SMILES string of the molecule is CCC1SCC(C(=O)O)N1C(=O)CCCc1cccs1. The van der Waals surface area contributed by atoms with Gasteiger partial charge in [-0.15, -0.1) is 23.1 Å². The Morgan fingerprint density at radius 1 is 1.50 bits per heavy atom. The highest BCUT2D eigenvalue weighted by molar-refractivity contribution is 8.00. The highest BCUT2D eigenvalue weighted by Crippen LogP contribution is 2.32. The molecule has 2 heterocycles. The first kappa shape index (κ1) is 15.4. The van der Waals surface area contributed by atoms with E-state index >= 15 is 0 Å². The zero-order valence-electron chi connectivity index (χ0n) is 11.4. The monoisotopic (exact) mass is 313 g/mol. The number of carboxylic acids is 1. The fourth-order valence-electron chi connectivity index (χ4n) is 2.40. The lowest BCUT2D eigenvalue weighted by Gasteiger charge is -2.26. The van der Waals surface area contributed by atoms with Crippen molar-refractivity contribution in [1.29, 1.82) is 0 Å². The number of hydrogen-bond acceptors (Lipinski definition) is 4. The average Bonchev–Trinajstić information content (AvgIpc) is 3.07. The minimum Gasteiger partial charge on any atom is -0.480 e. The molecule has 1 aromatic rings. The molecule has 1 aliphatic rings. The molecule has 2 unspecified atom stereocenters. The van der Waals surface area contributed by atoms with Crippen molar-refractivity contribution >= 4 is 35.0 Å².